The van der Waals surface area contributed by atoms with Crippen LogP contribution in [-0.2, 0) is 4.79 Å². The number of methoxy groups -OCH3 is 1. The Kier molecular flexibility index (Phi) is 9.14. The number of amides is 1. The minimum absolute atomic E-state index is 0.0197. The van der Waals surface area contributed by atoms with Crippen molar-refractivity contribution in [2.75, 3.05) is 38.6 Å². The smallest absolute Gasteiger partial charge is 0.249 e. The molecule has 4 rings (SSSR count). The van der Waals surface area contributed by atoms with Crippen LogP contribution in [0.4, 0.5) is 23.2 Å². The average Bonchev–Trinajstić information content (AvgIpc) is 2.93. The molecule has 0 aliphatic carbocycles. The van der Waals surface area contributed by atoms with Gasteiger partial charge < -0.3 is 15.0 Å². The number of rotatable bonds is 10. The molecule has 3 N–H and O–H groups in total. The lowest BCUT2D eigenvalue weighted by atomic mass is 9.73. The summed E-state index contributed by atoms with van der Waals surface area (Å²) in [7, 11) is 1.50. The molecule has 1 unspecified atom stereocenters. The molecular formula is C27H29ClF4N4O3. The highest BCUT2D eigenvalue weighted by Gasteiger charge is 2.41. The van der Waals surface area contributed by atoms with Gasteiger partial charge in [0.1, 0.15) is 23.4 Å². The van der Waals surface area contributed by atoms with E-state index in [-0.39, 0.29) is 30.0 Å². The van der Waals surface area contributed by atoms with E-state index in [0.717, 1.165) is 0 Å². The number of halogens is 5. The normalized spacial score (nSPS) is 16.2. The third-order valence-electron chi connectivity index (χ3n) is 7.39. The van der Waals surface area contributed by atoms with E-state index in [9.17, 15) is 23.2 Å². The monoisotopic (exact) mass is 568 g/mol. The van der Waals surface area contributed by atoms with E-state index in [0.29, 0.717) is 61.3 Å². The lowest BCUT2D eigenvalue weighted by Crippen LogP contribution is -2.49. The predicted octanol–water partition coefficient (Wildman–Crippen LogP) is 5.80. The molecule has 210 valence electrons. The number of nitrogens with one attached hydrogen (secondary N) is 2. The molecule has 1 aliphatic rings. The van der Waals surface area contributed by atoms with E-state index in [4.69, 9.17) is 16.3 Å². The molecule has 1 fully saturated rings. The van der Waals surface area contributed by atoms with Crippen LogP contribution in [0.2, 0.25) is 5.02 Å². The zero-order valence-electron chi connectivity index (χ0n) is 21.2. The first kappa shape index (κ1) is 28.8. The summed E-state index contributed by atoms with van der Waals surface area (Å²) in [6.07, 6.45) is 0.705. The van der Waals surface area contributed by atoms with Gasteiger partial charge in [-0.25, -0.2) is 23.0 Å². The minimum atomic E-state index is -1.50. The molecule has 1 atom stereocenters. The van der Waals surface area contributed by atoms with Gasteiger partial charge >= 0.3 is 0 Å². The first-order valence-corrected chi connectivity index (χ1v) is 12.9. The second-order valence-electron chi connectivity index (χ2n) is 9.64. The first-order chi connectivity index (χ1) is 18.7. The number of fused-ring (bicyclic) bond motifs is 1. The summed E-state index contributed by atoms with van der Waals surface area (Å²) in [6, 6.07) is 6.31. The van der Waals surface area contributed by atoms with E-state index in [1.54, 1.807) is 23.7 Å². The van der Waals surface area contributed by atoms with Crippen molar-refractivity contribution < 1.29 is 32.3 Å². The molecule has 39 heavy (non-hydrogen) atoms. The van der Waals surface area contributed by atoms with Crippen molar-refractivity contribution in [3.8, 4) is 5.75 Å². The predicted molar refractivity (Wildman–Crippen MR) is 139 cm³/mol. The Bertz CT molecular complexity index is 1310. The summed E-state index contributed by atoms with van der Waals surface area (Å²) < 4.78 is 61.8. The van der Waals surface area contributed by atoms with Crippen molar-refractivity contribution in [3.63, 3.8) is 0 Å². The van der Waals surface area contributed by atoms with Gasteiger partial charge in [0, 0.05) is 42.4 Å². The third kappa shape index (κ3) is 6.37. The highest BCUT2D eigenvalue weighted by Crippen LogP contribution is 2.42. The van der Waals surface area contributed by atoms with Crippen LogP contribution >= 0.6 is 11.6 Å². The molecule has 1 aliphatic heterocycles. The molecular weight excluding hydrogens is 540 g/mol. The number of ether oxygens (including phenoxy) is 1. The quantitative estimate of drug-likeness (QED) is 0.163. The first-order valence-electron chi connectivity index (χ1n) is 12.5. The summed E-state index contributed by atoms with van der Waals surface area (Å²) in [5.74, 6) is -3.10. The van der Waals surface area contributed by atoms with Crippen molar-refractivity contribution in [3.05, 3.63) is 64.6 Å². The Morgan fingerprint density at radius 3 is 2.54 bits per heavy atom. The summed E-state index contributed by atoms with van der Waals surface area (Å²) >= 11 is 6.34. The summed E-state index contributed by atoms with van der Waals surface area (Å²) in [5.41, 5.74) is 1.14. The second-order valence-corrected chi connectivity index (χ2v) is 10.1. The van der Waals surface area contributed by atoms with Crippen molar-refractivity contribution >= 4 is 34.1 Å². The maximum atomic E-state index is 15.7. The average molecular weight is 569 g/mol. The van der Waals surface area contributed by atoms with Crippen LogP contribution in [0.5, 0.6) is 5.75 Å². The van der Waals surface area contributed by atoms with Crippen molar-refractivity contribution in [1.82, 2.24) is 15.4 Å². The standard InChI is InChI=1S/C27H29ClF4N4O3/c1-39-17-2-3-23-18(14-17)24(19(28)15-34-23)20(30)4-5-27(26(37)35-38)6-9-36(10-7-27)11-8-33-25-21(31)12-16(29)13-22(25)32/h2-3,12-15,20,33,38H,4-11H2,1H3,(H,35,37). The number of pyridine rings is 1. The maximum Gasteiger partial charge on any atom is 0.249 e. The van der Waals surface area contributed by atoms with E-state index < -0.39 is 40.6 Å². The number of benzene rings is 2. The molecule has 1 saturated heterocycles. The lowest BCUT2D eigenvalue weighted by Gasteiger charge is -2.40. The van der Waals surface area contributed by atoms with E-state index in [1.807, 2.05) is 4.90 Å². The van der Waals surface area contributed by atoms with Gasteiger partial charge in [-0.2, -0.15) is 0 Å². The number of anilines is 1. The molecule has 0 radical (unpaired) electrons. The number of likely N-dealkylation sites (tertiary alicyclic amines) is 1. The van der Waals surface area contributed by atoms with Gasteiger partial charge in [0.2, 0.25) is 5.91 Å². The molecule has 12 heteroatoms. The SMILES string of the molecule is COc1ccc2ncc(Cl)c(C(F)CCC3(C(=O)NO)CCN(CCNc4c(F)cc(F)cc4F)CC3)c2c1. The molecule has 7 nitrogen and oxygen atoms in total. The van der Waals surface area contributed by atoms with E-state index in [2.05, 4.69) is 10.3 Å². The number of hydrogen-bond acceptors (Lipinski definition) is 6. The fourth-order valence-electron chi connectivity index (χ4n) is 5.12. The second kappa shape index (κ2) is 12.4. The van der Waals surface area contributed by atoms with Gasteiger partial charge in [-0.1, -0.05) is 11.6 Å². The highest BCUT2D eigenvalue weighted by molar-refractivity contribution is 6.32. The number of hydrogen-bond donors (Lipinski definition) is 3. The lowest BCUT2D eigenvalue weighted by molar-refractivity contribution is -0.143. The molecule has 0 saturated carbocycles. The van der Waals surface area contributed by atoms with Crippen molar-refractivity contribution in [2.24, 2.45) is 5.41 Å². The van der Waals surface area contributed by atoms with E-state index >= 15 is 4.39 Å². The molecule has 1 amide bonds. The Hall–Kier alpha value is -3.15. The molecule has 1 aromatic heterocycles. The van der Waals surface area contributed by atoms with Crippen molar-refractivity contribution in [2.45, 2.75) is 31.9 Å². The van der Waals surface area contributed by atoms with Gasteiger partial charge in [0.25, 0.3) is 0 Å². The minimum Gasteiger partial charge on any atom is -0.497 e. The van der Waals surface area contributed by atoms with Crippen LogP contribution in [0, 0.1) is 22.9 Å². The van der Waals surface area contributed by atoms with Crippen molar-refractivity contribution in [1.29, 1.82) is 0 Å². The zero-order valence-corrected chi connectivity index (χ0v) is 22.0. The van der Waals surface area contributed by atoms with E-state index in [1.165, 1.54) is 13.3 Å². The van der Waals surface area contributed by atoms with Gasteiger partial charge in [-0.15, -0.1) is 0 Å². The zero-order chi connectivity index (χ0) is 28.2. The van der Waals surface area contributed by atoms with Crippen LogP contribution < -0.4 is 15.5 Å². The number of piperidine rings is 1. The van der Waals surface area contributed by atoms with Crippen LogP contribution in [-0.4, -0.2) is 54.3 Å². The van der Waals surface area contributed by atoms with Gasteiger partial charge in [0.15, 0.2) is 11.6 Å². The fourth-order valence-corrected chi connectivity index (χ4v) is 5.39. The van der Waals surface area contributed by atoms with Crippen LogP contribution in [0.1, 0.15) is 37.4 Å². The number of carbonyl (C=O) groups is 1. The number of alkyl halides is 1. The van der Waals surface area contributed by atoms with Crippen LogP contribution in [0.3, 0.4) is 0 Å². The Morgan fingerprint density at radius 1 is 1.21 bits per heavy atom. The Labute approximate surface area is 228 Å². The summed E-state index contributed by atoms with van der Waals surface area (Å²) in [4.78, 5) is 19.0. The van der Waals surface area contributed by atoms with Gasteiger partial charge in [-0.05, 0) is 57.0 Å². The Morgan fingerprint density at radius 2 is 1.90 bits per heavy atom. The summed E-state index contributed by atoms with van der Waals surface area (Å²) in [6.45, 7) is 1.47. The fraction of sp³-hybridized carbons (Fsp3) is 0.407. The van der Waals surface area contributed by atoms with Crippen LogP contribution in [0.15, 0.2) is 36.5 Å². The number of hydroxylamine groups is 1. The van der Waals surface area contributed by atoms with Crippen LogP contribution in [0.25, 0.3) is 10.9 Å². The molecule has 2 heterocycles. The topological polar surface area (TPSA) is 86.7 Å². The maximum absolute atomic E-state index is 15.7. The molecule has 3 aromatic rings. The number of nitrogens with zero attached hydrogens (tertiary/aromatic N) is 2. The summed E-state index contributed by atoms with van der Waals surface area (Å²) in [5, 5.41) is 12.8. The van der Waals surface area contributed by atoms with Gasteiger partial charge in [0.05, 0.1) is 23.1 Å². The largest absolute Gasteiger partial charge is 0.497 e. The molecule has 2 aromatic carbocycles. The Balaban J connectivity index is 1.40. The molecule has 0 spiro atoms. The highest BCUT2D eigenvalue weighted by atomic mass is 35.5. The number of aromatic nitrogens is 1. The van der Waals surface area contributed by atoms with Gasteiger partial charge in [-0.3, -0.25) is 15.0 Å². The third-order valence-corrected chi connectivity index (χ3v) is 7.69. The molecule has 0 bridgehead atoms. The number of carbonyl (C=O) groups excluding carboxylic acids is 1.